The van der Waals surface area contributed by atoms with E-state index in [1.165, 1.54) is 12.1 Å². The zero-order chi connectivity index (χ0) is 17.4. The highest BCUT2D eigenvalue weighted by molar-refractivity contribution is 6.30. The number of rotatable bonds is 6. The third kappa shape index (κ3) is 5.66. The molecule has 128 valence electrons. The summed E-state index contributed by atoms with van der Waals surface area (Å²) in [4.78, 5) is 8.27. The fraction of sp³-hybridized carbons (Fsp3) is 0.250. The molecule has 1 aromatic heterocycles. The lowest BCUT2D eigenvalue weighted by atomic mass is 10.2. The molecule has 0 saturated heterocycles. The maximum absolute atomic E-state index is 12.5. The predicted octanol–water partition coefficient (Wildman–Crippen LogP) is 3.20. The van der Waals surface area contributed by atoms with E-state index in [-0.39, 0.29) is 12.3 Å². The van der Waals surface area contributed by atoms with Crippen LogP contribution < -0.4 is 15.4 Å². The highest BCUT2D eigenvalue weighted by Crippen LogP contribution is 2.24. The highest BCUT2D eigenvalue weighted by Gasteiger charge is 2.11. The van der Waals surface area contributed by atoms with Crippen LogP contribution in [0.5, 0.6) is 5.75 Å². The van der Waals surface area contributed by atoms with Crippen molar-refractivity contribution in [2.24, 2.45) is 4.99 Å². The fourth-order valence-corrected chi connectivity index (χ4v) is 2.17. The van der Waals surface area contributed by atoms with Crippen molar-refractivity contribution in [3.05, 3.63) is 58.9 Å². The van der Waals surface area contributed by atoms with Crippen molar-refractivity contribution in [1.82, 2.24) is 15.6 Å². The van der Waals surface area contributed by atoms with E-state index in [2.05, 4.69) is 25.3 Å². The maximum Gasteiger partial charge on any atom is 0.387 e. The van der Waals surface area contributed by atoms with Crippen LogP contribution in [-0.4, -0.2) is 24.6 Å². The second kappa shape index (κ2) is 9.02. The summed E-state index contributed by atoms with van der Waals surface area (Å²) in [5, 5.41) is 6.54. The van der Waals surface area contributed by atoms with Gasteiger partial charge in [-0.25, -0.2) is 0 Å². The third-order valence-corrected chi connectivity index (χ3v) is 3.31. The Bertz CT molecular complexity index is 683. The summed E-state index contributed by atoms with van der Waals surface area (Å²) in [5.74, 6) is 0.575. The first-order valence-corrected chi connectivity index (χ1v) is 7.54. The van der Waals surface area contributed by atoms with E-state index in [4.69, 9.17) is 11.6 Å². The highest BCUT2D eigenvalue weighted by atomic mass is 35.5. The lowest BCUT2D eigenvalue weighted by Gasteiger charge is -2.14. The van der Waals surface area contributed by atoms with E-state index >= 15 is 0 Å². The molecule has 0 fully saturated rings. The van der Waals surface area contributed by atoms with Gasteiger partial charge in [-0.3, -0.25) is 9.98 Å². The van der Waals surface area contributed by atoms with Gasteiger partial charge in [-0.15, -0.1) is 0 Å². The quantitative estimate of drug-likeness (QED) is 0.618. The number of pyridine rings is 1. The van der Waals surface area contributed by atoms with Crippen LogP contribution in [0.15, 0.2) is 47.6 Å². The summed E-state index contributed by atoms with van der Waals surface area (Å²) >= 11 is 5.92. The van der Waals surface area contributed by atoms with Crippen molar-refractivity contribution >= 4 is 17.6 Å². The van der Waals surface area contributed by atoms with Gasteiger partial charge >= 0.3 is 6.61 Å². The van der Waals surface area contributed by atoms with E-state index < -0.39 is 6.61 Å². The van der Waals surface area contributed by atoms with Gasteiger partial charge < -0.3 is 15.4 Å². The van der Waals surface area contributed by atoms with Crippen molar-refractivity contribution in [2.45, 2.75) is 19.7 Å². The minimum absolute atomic E-state index is 0.0714. The molecule has 1 heterocycles. The Morgan fingerprint density at radius 3 is 2.71 bits per heavy atom. The summed E-state index contributed by atoms with van der Waals surface area (Å²) in [5.41, 5.74) is 1.36. The van der Waals surface area contributed by atoms with Gasteiger partial charge in [0.15, 0.2) is 5.96 Å². The Balaban J connectivity index is 1.96. The Hall–Kier alpha value is -2.41. The van der Waals surface area contributed by atoms with E-state index in [9.17, 15) is 8.78 Å². The van der Waals surface area contributed by atoms with E-state index in [1.54, 1.807) is 19.3 Å². The zero-order valence-electron chi connectivity index (χ0n) is 13.0. The second-order valence-electron chi connectivity index (χ2n) is 4.73. The number of guanidine groups is 1. The molecule has 0 amide bonds. The van der Waals surface area contributed by atoms with Crippen molar-refractivity contribution in [3.63, 3.8) is 0 Å². The molecule has 0 radical (unpaired) electrons. The van der Waals surface area contributed by atoms with Gasteiger partial charge in [0.05, 0.1) is 12.2 Å². The number of nitrogens with one attached hydrogen (secondary N) is 2. The summed E-state index contributed by atoms with van der Waals surface area (Å²) in [7, 11) is 1.61. The van der Waals surface area contributed by atoms with Crippen LogP contribution in [0.2, 0.25) is 5.02 Å². The third-order valence-electron chi connectivity index (χ3n) is 3.07. The lowest BCUT2D eigenvalue weighted by molar-refractivity contribution is -0.0504. The van der Waals surface area contributed by atoms with Gasteiger partial charge in [0, 0.05) is 30.4 Å². The minimum Gasteiger partial charge on any atom is -0.434 e. The normalized spacial score (nSPS) is 11.5. The largest absolute Gasteiger partial charge is 0.434 e. The van der Waals surface area contributed by atoms with Crippen molar-refractivity contribution in [1.29, 1.82) is 0 Å². The molecule has 0 bridgehead atoms. The zero-order valence-corrected chi connectivity index (χ0v) is 13.7. The Kier molecular flexibility index (Phi) is 6.74. The first-order valence-electron chi connectivity index (χ1n) is 7.16. The second-order valence-corrected chi connectivity index (χ2v) is 5.17. The molecule has 0 atom stereocenters. The number of alkyl halides is 2. The molecule has 1 aromatic carbocycles. The number of aliphatic imine (C=N–C) groups is 1. The van der Waals surface area contributed by atoms with Gasteiger partial charge in [-0.2, -0.15) is 8.78 Å². The molecule has 2 rings (SSSR count). The first-order chi connectivity index (χ1) is 11.6. The topological polar surface area (TPSA) is 58.5 Å². The molecule has 0 unspecified atom stereocenters. The first kappa shape index (κ1) is 17.9. The summed E-state index contributed by atoms with van der Waals surface area (Å²) < 4.78 is 29.4. The minimum atomic E-state index is -2.90. The van der Waals surface area contributed by atoms with E-state index in [1.807, 2.05) is 18.2 Å². The smallest absolute Gasteiger partial charge is 0.387 e. The van der Waals surface area contributed by atoms with E-state index in [0.29, 0.717) is 23.1 Å². The van der Waals surface area contributed by atoms with Crippen LogP contribution in [0.1, 0.15) is 11.3 Å². The molecule has 2 N–H and O–H groups in total. The molecule has 0 saturated carbocycles. The molecule has 0 aliphatic rings. The summed E-state index contributed by atoms with van der Waals surface area (Å²) in [6.45, 7) is -2.19. The van der Waals surface area contributed by atoms with Gasteiger partial charge in [-0.05, 0) is 30.3 Å². The molecular weight excluding hydrogens is 338 g/mol. The molecule has 0 aliphatic heterocycles. The summed E-state index contributed by atoms with van der Waals surface area (Å²) in [6, 6.07) is 10.1. The number of ether oxygens (including phenoxy) is 1. The van der Waals surface area contributed by atoms with Gasteiger partial charge in [0.2, 0.25) is 0 Å². The van der Waals surface area contributed by atoms with Gasteiger partial charge in [0.25, 0.3) is 0 Å². The SMILES string of the molecule is CN=C(NCc1ccccn1)NCc1cc(Cl)ccc1OC(F)F. The number of aromatic nitrogens is 1. The Morgan fingerprint density at radius 1 is 1.25 bits per heavy atom. The molecule has 5 nitrogen and oxygen atoms in total. The van der Waals surface area contributed by atoms with Gasteiger partial charge in [0.1, 0.15) is 5.75 Å². The van der Waals surface area contributed by atoms with Gasteiger partial charge in [-0.1, -0.05) is 17.7 Å². The molecule has 0 spiro atoms. The Morgan fingerprint density at radius 2 is 2.04 bits per heavy atom. The monoisotopic (exact) mass is 354 g/mol. The van der Waals surface area contributed by atoms with Crippen LogP contribution in [0.25, 0.3) is 0 Å². The number of nitrogens with zero attached hydrogens (tertiary/aromatic N) is 2. The lowest BCUT2D eigenvalue weighted by Crippen LogP contribution is -2.36. The average Bonchev–Trinajstić information content (AvgIpc) is 2.58. The summed E-state index contributed by atoms with van der Waals surface area (Å²) in [6.07, 6.45) is 1.70. The van der Waals surface area contributed by atoms with Crippen LogP contribution in [0.4, 0.5) is 8.78 Å². The standard InChI is InChI=1S/C16H17ClF2N4O/c1-20-16(23-10-13-4-2-3-7-21-13)22-9-11-8-12(17)5-6-14(11)24-15(18)19/h2-8,15H,9-10H2,1H3,(H2,20,22,23). The predicted molar refractivity (Wildman–Crippen MR) is 89.4 cm³/mol. The van der Waals surface area contributed by atoms with Crippen molar-refractivity contribution < 1.29 is 13.5 Å². The number of benzene rings is 1. The number of hydrogen-bond acceptors (Lipinski definition) is 3. The molecule has 0 aliphatic carbocycles. The van der Waals surface area contributed by atoms with Crippen LogP contribution >= 0.6 is 11.6 Å². The number of hydrogen-bond donors (Lipinski definition) is 2. The molecule has 24 heavy (non-hydrogen) atoms. The maximum atomic E-state index is 12.5. The Labute approximate surface area is 143 Å². The van der Waals surface area contributed by atoms with Crippen LogP contribution in [-0.2, 0) is 13.1 Å². The van der Waals surface area contributed by atoms with Crippen molar-refractivity contribution in [2.75, 3.05) is 7.05 Å². The van der Waals surface area contributed by atoms with Crippen LogP contribution in [0.3, 0.4) is 0 Å². The van der Waals surface area contributed by atoms with E-state index in [0.717, 1.165) is 5.69 Å². The average molecular weight is 355 g/mol. The molecule has 8 heteroatoms. The van der Waals surface area contributed by atoms with Crippen LogP contribution in [0, 0.1) is 0 Å². The number of halogens is 3. The molecular formula is C16H17ClF2N4O. The molecule has 2 aromatic rings. The van der Waals surface area contributed by atoms with Crippen molar-refractivity contribution in [3.8, 4) is 5.75 Å². The fourth-order valence-electron chi connectivity index (χ4n) is 1.97.